The molecular formula is C10H13IO. The number of aryl methyl sites for hydroxylation is 1. The fraction of sp³-hybridized carbons (Fsp3) is 0.400. The summed E-state index contributed by atoms with van der Waals surface area (Å²) in [6, 6.07) is 6.22. The van der Waals surface area contributed by atoms with Gasteiger partial charge in [0.1, 0.15) is 5.75 Å². The Morgan fingerprint density at radius 1 is 1.33 bits per heavy atom. The highest BCUT2D eigenvalue weighted by atomic mass is 127. The van der Waals surface area contributed by atoms with Gasteiger partial charge >= 0.3 is 0 Å². The summed E-state index contributed by atoms with van der Waals surface area (Å²) < 4.78 is 6.77. The van der Waals surface area contributed by atoms with Gasteiger partial charge in [-0.1, -0.05) is 6.07 Å². The second kappa shape index (κ2) is 4.12. The Morgan fingerprint density at radius 2 is 2.00 bits per heavy atom. The first-order valence-corrected chi connectivity index (χ1v) is 5.10. The van der Waals surface area contributed by atoms with Crippen molar-refractivity contribution in [1.29, 1.82) is 0 Å². The minimum atomic E-state index is 0.251. The molecule has 66 valence electrons. The van der Waals surface area contributed by atoms with Gasteiger partial charge in [-0.25, -0.2) is 0 Å². The third kappa shape index (κ3) is 2.66. The number of hydrogen-bond donors (Lipinski definition) is 0. The third-order valence-corrected chi connectivity index (χ3v) is 2.29. The number of ether oxygens (including phenoxy) is 1. The lowest BCUT2D eigenvalue weighted by atomic mass is 10.2. The number of halogens is 1. The van der Waals surface area contributed by atoms with Crippen LogP contribution in [0.5, 0.6) is 5.75 Å². The highest BCUT2D eigenvalue weighted by molar-refractivity contribution is 14.1. The molecule has 0 aromatic heterocycles. The van der Waals surface area contributed by atoms with Crippen molar-refractivity contribution in [1.82, 2.24) is 0 Å². The van der Waals surface area contributed by atoms with Crippen molar-refractivity contribution in [3.63, 3.8) is 0 Å². The standard InChI is InChI=1S/C10H13IO/c1-7(2)12-10-5-4-8(3)6-9(10)11/h4-7H,1-3H3. The van der Waals surface area contributed by atoms with Crippen LogP contribution in [0.1, 0.15) is 19.4 Å². The van der Waals surface area contributed by atoms with Gasteiger partial charge in [-0.2, -0.15) is 0 Å². The molecule has 0 radical (unpaired) electrons. The zero-order valence-corrected chi connectivity index (χ0v) is 9.75. The molecule has 0 unspecified atom stereocenters. The summed E-state index contributed by atoms with van der Waals surface area (Å²) in [6.07, 6.45) is 0.251. The normalized spacial score (nSPS) is 10.4. The van der Waals surface area contributed by atoms with Gasteiger partial charge in [0.25, 0.3) is 0 Å². The van der Waals surface area contributed by atoms with E-state index >= 15 is 0 Å². The van der Waals surface area contributed by atoms with Gasteiger partial charge in [0, 0.05) is 0 Å². The van der Waals surface area contributed by atoms with Crippen LogP contribution in [0, 0.1) is 10.5 Å². The van der Waals surface area contributed by atoms with E-state index in [0.29, 0.717) is 0 Å². The average molecular weight is 276 g/mol. The van der Waals surface area contributed by atoms with Crippen LogP contribution in [-0.4, -0.2) is 6.10 Å². The van der Waals surface area contributed by atoms with E-state index in [2.05, 4.69) is 41.6 Å². The molecule has 1 nitrogen and oxygen atoms in total. The van der Waals surface area contributed by atoms with Gasteiger partial charge in [-0.15, -0.1) is 0 Å². The van der Waals surface area contributed by atoms with Crippen molar-refractivity contribution in [2.45, 2.75) is 26.9 Å². The lowest BCUT2D eigenvalue weighted by Gasteiger charge is -2.11. The Labute approximate surface area is 87.3 Å². The van der Waals surface area contributed by atoms with Gasteiger partial charge in [0.15, 0.2) is 0 Å². The van der Waals surface area contributed by atoms with Crippen molar-refractivity contribution in [2.24, 2.45) is 0 Å². The molecule has 1 aromatic carbocycles. The van der Waals surface area contributed by atoms with Gasteiger partial charge in [-0.3, -0.25) is 0 Å². The van der Waals surface area contributed by atoms with Crippen LogP contribution < -0.4 is 4.74 Å². The number of benzene rings is 1. The summed E-state index contributed by atoms with van der Waals surface area (Å²) >= 11 is 2.29. The predicted octanol–water partition coefficient (Wildman–Crippen LogP) is 3.39. The van der Waals surface area contributed by atoms with Crippen molar-refractivity contribution in [2.75, 3.05) is 0 Å². The van der Waals surface area contributed by atoms with Crippen LogP contribution in [0.25, 0.3) is 0 Å². The smallest absolute Gasteiger partial charge is 0.133 e. The molecule has 0 aliphatic rings. The molecule has 0 amide bonds. The highest BCUT2D eigenvalue weighted by Gasteiger charge is 2.01. The van der Waals surface area contributed by atoms with E-state index in [1.165, 1.54) is 9.13 Å². The molecule has 0 saturated heterocycles. The van der Waals surface area contributed by atoms with E-state index in [4.69, 9.17) is 4.74 Å². The maximum Gasteiger partial charge on any atom is 0.133 e. The van der Waals surface area contributed by atoms with Crippen LogP contribution in [0.15, 0.2) is 18.2 Å². The molecule has 1 rings (SSSR count). The average Bonchev–Trinajstić information content (AvgIpc) is 1.94. The molecule has 0 spiro atoms. The largest absolute Gasteiger partial charge is 0.490 e. The van der Waals surface area contributed by atoms with Crippen molar-refractivity contribution in [3.05, 3.63) is 27.3 Å². The fourth-order valence-corrected chi connectivity index (χ4v) is 1.75. The maximum absolute atomic E-state index is 5.59. The first-order chi connectivity index (χ1) is 5.59. The van der Waals surface area contributed by atoms with E-state index in [1.54, 1.807) is 0 Å². The lowest BCUT2D eigenvalue weighted by molar-refractivity contribution is 0.240. The minimum absolute atomic E-state index is 0.251. The van der Waals surface area contributed by atoms with Crippen LogP contribution in [0.2, 0.25) is 0 Å². The van der Waals surface area contributed by atoms with Gasteiger partial charge < -0.3 is 4.74 Å². The molecular weight excluding hydrogens is 263 g/mol. The summed E-state index contributed by atoms with van der Waals surface area (Å²) in [5.41, 5.74) is 1.27. The molecule has 0 saturated carbocycles. The maximum atomic E-state index is 5.59. The van der Waals surface area contributed by atoms with E-state index in [0.717, 1.165) is 5.75 Å². The second-order valence-corrected chi connectivity index (χ2v) is 4.26. The Morgan fingerprint density at radius 3 is 2.50 bits per heavy atom. The molecule has 0 N–H and O–H groups in total. The van der Waals surface area contributed by atoms with E-state index in [9.17, 15) is 0 Å². The summed E-state index contributed by atoms with van der Waals surface area (Å²) in [5.74, 6) is 0.983. The topological polar surface area (TPSA) is 9.23 Å². The molecule has 0 atom stereocenters. The molecule has 2 heteroatoms. The Balaban J connectivity index is 2.86. The fourth-order valence-electron chi connectivity index (χ4n) is 0.955. The first-order valence-electron chi connectivity index (χ1n) is 4.02. The highest BCUT2D eigenvalue weighted by Crippen LogP contribution is 2.22. The van der Waals surface area contributed by atoms with E-state index < -0.39 is 0 Å². The Bertz CT molecular complexity index is 269. The SMILES string of the molecule is Cc1ccc(OC(C)C)c(I)c1. The summed E-state index contributed by atoms with van der Waals surface area (Å²) in [4.78, 5) is 0. The monoisotopic (exact) mass is 276 g/mol. The number of hydrogen-bond acceptors (Lipinski definition) is 1. The third-order valence-electron chi connectivity index (χ3n) is 1.45. The molecule has 1 aromatic rings. The summed E-state index contributed by atoms with van der Waals surface area (Å²) in [6.45, 7) is 6.16. The summed E-state index contributed by atoms with van der Waals surface area (Å²) in [5, 5.41) is 0. The molecule has 0 aliphatic heterocycles. The van der Waals surface area contributed by atoms with Crippen molar-refractivity contribution >= 4 is 22.6 Å². The van der Waals surface area contributed by atoms with E-state index in [1.807, 2.05) is 19.9 Å². The molecule has 0 bridgehead atoms. The Kier molecular flexibility index (Phi) is 3.38. The molecule has 12 heavy (non-hydrogen) atoms. The zero-order chi connectivity index (χ0) is 9.14. The molecule has 0 fully saturated rings. The van der Waals surface area contributed by atoms with Crippen LogP contribution in [-0.2, 0) is 0 Å². The first kappa shape index (κ1) is 9.84. The van der Waals surface area contributed by atoms with Gasteiger partial charge in [0.2, 0.25) is 0 Å². The van der Waals surface area contributed by atoms with Gasteiger partial charge in [-0.05, 0) is 61.1 Å². The van der Waals surface area contributed by atoms with Gasteiger partial charge in [0.05, 0.1) is 9.67 Å². The minimum Gasteiger partial charge on any atom is -0.490 e. The van der Waals surface area contributed by atoms with Crippen LogP contribution in [0.4, 0.5) is 0 Å². The van der Waals surface area contributed by atoms with Crippen LogP contribution in [0.3, 0.4) is 0 Å². The van der Waals surface area contributed by atoms with Crippen LogP contribution >= 0.6 is 22.6 Å². The second-order valence-electron chi connectivity index (χ2n) is 3.10. The zero-order valence-electron chi connectivity index (χ0n) is 7.60. The molecule has 0 heterocycles. The molecule has 0 aliphatic carbocycles. The van der Waals surface area contributed by atoms with E-state index in [-0.39, 0.29) is 6.10 Å². The quantitative estimate of drug-likeness (QED) is 0.752. The van der Waals surface area contributed by atoms with Crippen molar-refractivity contribution < 1.29 is 4.74 Å². The predicted molar refractivity (Wildman–Crippen MR) is 59.7 cm³/mol. The number of rotatable bonds is 2. The Hall–Kier alpha value is -0.250. The van der Waals surface area contributed by atoms with Crippen molar-refractivity contribution in [3.8, 4) is 5.75 Å². The summed E-state index contributed by atoms with van der Waals surface area (Å²) in [7, 11) is 0. The lowest BCUT2D eigenvalue weighted by Crippen LogP contribution is -2.06.